The quantitative estimate of drug-likeness (QED) is 0.113. The van der Waals surface area contributed by atoms with Crippen LogP contribution in [0.4, 0.5) is 10.5 Å². The number of hydrogen-bond acceptors (Lipinski definition) is 9. The van der Waals surface area contributed by atoms with E-state index in [1.165, 1.54) is 10.4 Å². The number of carbonyl (C=O) groups is 2. The van der Waals surface area contributed by atoms with E-state index in [0.717, 1.165) is 63.6 Å². The van der Waals surface area contributed by atoms with E-state index in [-0.39, 0.29) is 55.0 Å². The van der Waals surface area contributed by atoms with Crippen LogP contribution in [0.1, 0.15) is 83.8 Å². The summed E-state index contributed by atoms with van der Waals surface area (Å²) in [5.41, 5.74) is 2.40. The van der Waals surface area contributed by atoms with Crippen molar-refractivity contribution in [1.29, 1.82) is 0 Å². The average Bonchev–Trinajstić information content (AvgIpc) is 3.83. The molecule has 13 heteroatoms. The lowest BCUT2D eigenvalue weighted by atomic mass is 10.0. The summed E-state index contributed by atoms with van der Waals surface area (Å²) in [5.74, 6) is -0.385. The zero-order valence-electron chi connectivity index (χ0n) is 31.7. The Balaban J connectivity index is 1.37. The molecule has 3 heterocycles. The molecule has 2 aromatic carbocycles. The minimum atomic E-state index is -4.16. The minimum Gasteiger partial charge on any atom is -0.443 e. The van der Waals surface area contributed by atoms with Gasteiger partial charge in [0.25, 0.3) is 5.91 Å². The van der Waals surface area contributed by atoms with Gasteiger partial charge in [0.05, 0.1) is 41.7 Å². The Bertz CT molecular complexity index is 1640. The number of benzene rings is 2. The molecule has 0 saturated carbocycles. The number of ether oxygens (including phenoxy) is 3. The number of alkyl carbamates (subject to hydrolysis) is 1. The molecule has 3 aliphatic rings. The van der Waals surface area contributed by atoms with Gasteiger partial charge in [-0.05, 0) is 55.4 Å². The van der Waals surface area contributed by atoms with Gasteiger partial charge in [-0.15, -0.1) is 0 Å². The topological polar surface area (TPSA) is 147 Å². The Labute approximate surface area is 315 Å². The van der Waals surface area contributed by atoms with E-state index in [1.807, 2.05) is 50.4 Å². The van der Waals surface area contributed by atoms with Crippen molar-refractivity contribution in [2.24, 2.45) is 11.8 Å². The number of rotatable bonds is 20. The molecule has 3 N–H and O–H groups in total. The molecular formula is C40H58N4O8S. The fourth-order valence-corrected chi connectivity index (χ4v) is 8.84. The molecule has 3 aliphatic heterocycles. The lowest BCUT2D eigenvalue weighted by Gasteiger charge is -2.31. The SMILES string of the molecule is CCCCCN(/C=C1\C(=O)Nc2ccc(S(=O)(=O)N(CC(C)C)C[C@@H](O)[C@H](Cc3ccccc3)NC(=O)O[C@H]3COC4OCCC43)cc21)CCCCC. The predicted octanol–water partition coefficient (Wildman–Crippen LogP) is 5.77. The number of aliphatic hydroxyl groups excluding tert-OH is 1. The van der Waals surface area contributed by atoms with Crippen LogP contribution in [0.25, 0.3) is 5.57 Å². The fraction of sp³-hybridized carbons (Fsp3) is 0.600. The first kappa shape index (κ1) is 40.7. The van der Waals surface area contributed by atoms with E-state index in [9.17, 15) is 23.1 Å². The maximum Gasteiger partial charge on any atom is 0.407 e. The molecule has 2 amide bonds. The second kappa shape index (κ2) is 19.2. The van der Waals surface area contributed by atoms with Crippen LogP contribution in [-0.2, 0) is 35.4 Å². The van der Waals surface area contributed by atoms with Gasteiger partial charge in [-0.3, -0.25) is 4.79 Å². The van der Waals surface area contributed by atoms with Crippen molar-refractivity contribution in [3.05, 3.63) is 65.9 Å². The summed E-state index contributed by atoms with van der Waals surface area (Å²) in [7, 11) is -4.16. The number of carbonyl (C=O) groups excluding carboxylic acids is 2. The lowest BCUT2D eigenvalue weighted by Crippen LogP contribution is -2.51. The molecule has 5 atom stereocenters. The molecular weight excluding hydrogens is 697 g/mol. The van der Waals surface area contributed by atoms with E-state index in [4.69, 9.17) is 14.2 Å². The molecule has 12 nitrogen and oxygen atoms in total. The summed E-state index contributed by atoms with van der Waals surface area (Å²) in [5, 5.41) is 17.5. The van der Waals surface area contributed by atoms with Crippen LogP contribution in [0.2, 0.25) is 0 Å². The molecule has 292 valence electrons. The Morgan fingerprint density at radius 2 is 1.75 bits per heavy atom. The molecule has 2 saturated heterocycles. The maximum absolute atomic E-state index is 14.4. The first-order valence-electron chi connectivity index (χ1n) is 19.3. The summed E-state index contributed by atoms with van der Waals surface area (Å²) in [6.07, 6.45) is 6.36. The van der Waals surface area contributed by atoms with Crippen LogP contribution < -0.4 is 10.6 Å². The number of anilines is 1. The summed E-state index contributed by atoms with van der Waals surface area (Å²) in [6.45, 7) is 10.4. The zero-order chi connectivity index (χ0) is 38.0. The van der Waals surface area contributed by atoms with Crippen LogP contribution in [0.15, 0.2) is 59.6 Å². The minimum absolute atomic E-state index is 0.0246. The van der Waals surface area contributed by atoms with Gasteiger partial charge in [0.15, 0.2) is 6.29 Å². The van der Waals surface area contributed by atoms with Crippen LogP contribution in [0.3, 0.4) is 0 Å². The van der Waals surface area contributed by atoms with Crippen molar-refractivity contribution in [3.63, 3.8) is 0 Å². The Hall–Kier alpha value is -3.49. The first-order valence-corrected chi connectivity index (χ1v) is 20.8. The van der Waals surface area contributed by atoms with E-state index < -0.39 is 34.4 Å². The molecule has 2 fully saturated rings. The molecule has 0 aliphatic carbocycles. The van der Waals surface area contributed by atoms with Gasteiger partial charge < -0.3 is 34.9 Å². The monoisotopic (exact) mass is 754 g/mol. The molecule has 0 radical (unpaired) electrons. The summed E-state index contributed by atoms with van der Waals surface area (Å²) in [4.78, 5) is 28.7. The van der Waals surface area contributed by atoms with Crippen LogP contribution in [-0.4, -0.2) is 98.7 Å². The third kappa shape index (κ3) is 10.8. The van der Waals surface area contributed by atoms with Gasteiger partial charge in [-0.25, -0.2) is 13.2 Å². The molecule has 5 rings (SSSR count). The second-order valence-electron chi connectivity index (χ2n) is 14.8. The Morgan fingerprint density at radius 1 is 1.04 bits per heavy atom. The van der Waals surface area contributed by atoms with Crippen LogP contribution >= 0.6 is 0 Å². The smallest absolute Gasteiger partial charge is 0.407 e. The number of nitrogens with one attached hydrogen (secondary N) is 2. The van der Waals surface area contributed by atoms with E-state index in [2.05, 4.69) is 29.4 Å². The molecule has 2 aromatic rings. The van der Waals surface area contributed by atoms with Gasteiger partial charge in [-0.2, -0.15) is 4.31 Å². The third-order valence-electron chi connectivity index (χ3n) is 10.1. The van der Waals surface area contributed by atoms with Crippen molar-refractivity contribution in [2.75, 3.05) is 44.7 Å². The zero-order valence-corrected chi connectivity index (χ0v) is 32.5. The Morgan fingerprint density at radius 3 is 2.43 bits per heavy atom. The molecule has 0 bridgehead atoms. The van der Waals surface area contributed by atoms with Gasteiger partial charge in [0.2, 0.25) is 10.0 Å². The molecule has 0 aromatic heterocycles. The summed E-state index contributed by atoms with van der Waals surface area (Å²) in [6, 6.07) is 13.2. The van der Waals surface area contributed by atoms with Crippen molar-refractivity contribution in [1.82, 2.24) is 14.5 Å². The van der Waals surface area contributed by atoms with Crippen LogP contribution in [0.5, 0.6) is 0 Å². The third-order valence-corrected chi connectivity index (χ3v) is 11.9. The highest BCUT2D eigenvalue weighted by atomic mass is 32.2. The number of nitrogens with zero attached hydrogens (tertiary/aromatic N) is 2. The molecule has 53 heavy (non-hydrogen) atoms. The number of aliphatic hydroxyl groups is 1. The highest BCUT2D eigenvalue weighted by Gasteiger charge is 2.44. The lowest BCUT2D eigenvalue weighted by molar-refractivity contribution is -0.110. The predicted molar refractivity (Wildman–Crippen MR) is 204 cm³/mol. The highest BCUT2D eigenvalue weighted by Crippen LogP contribution is 2.35. The fourth-order valence-electron chi connectivity index (χ4n) is 7.19. The molecule has 2 unspecified atom stereocenters. The standard InChI is InChI=1S/C40H58N4O8S/c1-5-7-12-19-43(20-13-8-6-2)25-33-32-23-30(16-17-34(32)41-38(33)46)53(48,49)44(24-28(3)4)26-36(45)35(22-29-14-10-9-11-15-29)42-40(47)52-37-27-51-39-31(37)18-21-50-39/h9-11,14-17,23,25,28,31,35-37,39,45H,5-8,12-13,18-22,24,26-27H2,1-4H3,(H,41,46)(H,42,47)/b33-25-/t31?,35-,36+,37-,39?/m0/s1. The average molecular weight is 755 g/mol. The van der Waals surface area contributed by atoms with E-state index in [0.29, 0.717) is 23.4 Å². The normalized spacial score (nSPS) is 21.5. The van der Waals surface area contributed by atoms with Gasteiger partial charge in [-0.1, -0.05) is 83.7 Å². The number of fused-ring (bicyclic) bond motifs is 2. The number of unbranched alkanes of at least 4 members (excludes halogenated alkanes) is 4. The van der Waals surface area contributed by atoms with Gasteiger partial charge in [0, 0.05) is 43.6 Å². The van der Waals surface area contributed by atoms with Gasteiger partial charge >= 0.3 is 6.09 Å². The van der Waals surface area contributed by atoms with Crippen molar-refractivity contribution >= 4 is 33.3 Å². The largest absolute Gasteiger partial charge is 0.443 e. The molecule has 0 spiro atoms. The van der Waals surface area contributed by atoms with Gasteiger partial charge in [0.1, 0.15) is 6.10 Å². The van der Waals surface area contributed by atoms with Crippen molar-refractivity contribution < 1.29 is 37.3 Å². The van der Waals surface area contributed by atoms with Crippen molar-refractivity contribution in [3.8, 4) is 0 Å². The van der Waals surface area contributed by atoms with Crippen LogP contribution in [0, 0.1) is 11.8 Å². The van der Waals surface area contributed by atoms with E-state index in [1.54, 1.807) is 12.1 Å². The summed E-state index contributed by atoms with van der Waals surface area (Å²) >= 11 is 0. The maximum atomic E-state index is 14.4. The number of hydrogen-bond donors (Lipinski definition) is 3. The highest BCUT2D eigenvalue weighted by molar-refractivity contribution is 7.89. The van der Waals surface area contributed by atoms with E-state index >= 15 is 0 Å². The number of amides is 2. The first-order chi connectivity index (χ1) is 25.5. The van der Waals surface area contributed by atoms with Crippen molar-refractivity contribution in [2.45, 2.75) is 108 Å². The second-order valence-corrected chi connectivity index (χ2v) is 16.8. The summed E-state index contributed by atoms with van der Waals surface area (Å²) < 4.78 is 47.1. The number of sulfonamides is 1. The Kier molecular flexibility index (Phi) is 14.7.